The average molecular weight is 241 g/mol. The number of imidazole rings is 1. The van der Waals surface area contributed by atoms with Gasteiger partial charge in [-0.1, -0.05) is 18.2 Å². The summed E-state index contributed by atoms with van der Waals surface area (Å²) < 4.78 is 15.3. The maximum absolute atomic E-state index is 13.3. The van der Waals surface area contributed by atoms with Crippen molar-refractivity contribution in [3.8, 4) is 11.3 Å². The normalized spacial score (nSPS) is 11.0. The van der Waals surface area contributed by atoms with Crippen LogP contribution in [0.3, 0.4) is 0 Å². The number of pyridine rings is 1. The zero-order valence-corrected chi connectivity index (χ0v) is 9.68. The Kier molecular flexibility index (Phi) is 2.57. The molecule has 3 rings (SSSR count). The van der Waals surface area contributed by atoms with E-state index in [0.717, 1.165) is 22.6 Å². The predicted octanol–water partition coefficient (Wildman–Crippen LogP) is 2.60. The topological polar surface area (TPSA) is 43.3 Å². The first-order valence-corrected chi connectivity index (χ1v) is 5.71. The van der Waals surface area contributed by atoms with E-state index in [2.05, 4.69) is 4.98 Å². The zero-order chi connectivity index (χ0) is 12.5. The number of rotatable bonds is 2. The summed E-state index contributed by atoms with van der Waals surface area (Å²) in [6.07, 6.45) is 1.77. The van der Waals surface area contributed by atoms with Gasteiger partial charge in [0.1, 0.15) is 11.6 Å². The average Bonchev–Trinajstić information content (AvgIpc) is 2.81. The van der Waals surface area contributed by atoms with E-state index in [4.69, 9.17) is 5.73 Å². The molecule has 1 aromatic carbocycles. The molecule has 0 amide bonds. The van der Waals surface area contributed by atoms with Gasteiger partial charge >= 0.3 is 0 Å². The first-order chi connectivity index (χ1) is 8.79. The number of aromatic nitrogens is 2. The van der Waals surface area contributed by atoms with Crippen molar-refractivity contribution < 1.29 is 4.39 Å². The molecule has 0 atom stereocenters. The third-order valence-electron chi connectivity index (χ3n) is 2.93. The summed E-state index contributed by atoms with van der Waals surface area (Å²) in [5, 5.41) is 0. The molecule has 0 aliphatic carbocycles. The number of benzene rings is 1. The Labute approximate surface area is 104 Å². The smallest absolute Gasteiger partial charge is 0.127 e. The van der Waals surface area contributed by atoms with Gasteiger partial charge < -0.3 is 5.73 Å². The van der Waals surface area contributed by atoms with E-state index < -0.39 is 0 Å². The lowest BCUT2D eigenvalue weighted by molar-refractivity contribution is 0.628. The van der Waals surface area contributed by atoms with Gasteiger partial charge in [-0.05, 0) is 24.3 Å². The first-order valence-electron chi connectivity index (χ1n) is 5.71. The van der Waals surface area contributed by atoms with Crippen molar-refractivity contribution >= 4 is 5.52 Å². The van der Waals surface area contributed by atoms with E-state index in [0.29, 0.717) is 6.54 Å². The second kappa shape index (κ2) is 4.23. The highest BCUT2D eigenvalue weighted by Gasteiger charge is 2.08. The number of nitrogens with zero attached hydrogens (tertiary/aromatic N) is 2. The lowest BCUT2D eigenvalue weighted by Crippen LogP contribution is -2.04. The van der Waals surface area contributed by atoms with Gasteiger partial charge in [-0.15, -0.1) is 0 Å². The van der Waals surface area contributed by atoms with E-state index in [-0.39, 0.29) is 5.82 Å². The minimum atomic E-state index is -0.251. The third kappa shape index (κ3) is 1.67. The maximum Gasteiger partial charge on any atom is 0.127 e. The standard InChI is InChI=1S/C14H12FN3/c15-11-4-1-3-10(7-11)13-6-2-5-12-9-17-14(8-16)18(12)13/h1-7,9H,8,16H2. The molecule has 3 nitrogen and oxygen atoms in total. The Hall–Kier alpha value is -2.20. The summed E-state index contributed by atoms with van der Waals surface area (Å²) in [5.41, 5.74) is 8.34. The molecule has 0 spiro atoms. The van der Waals surface area contributed by atoms with Crippen molar-refractivity contribution in [3.05, 3.63) is 60.3 Å². The summed E-state index contributed by atoms with van der Waals surface area (Å²) in [6.45, 7) is 0.348. The molecule has 0 fully saturated rings. The fourth-order valence-electron chi connectivity index (χ4n) is 2.13. The number of hydrogen-bond acceptors (Lipinski definition) is 2. The van der Waals surface area contributed by atoms with Gasteiger partial charge in [0.15, 0.2) is 0 Å². The lowest BCUT2D eigenvalue weighted by atomic mass is 10.1. The molecule has 4 heteroatoms. The largest absolute Gasteiger partial charge is 0.324 e. The Morgan fingerprint density at radius 3 is 2.78 bits per heavy atom. The van der Waals surface area contributed by atoms with Crippen LogP contribution in [0, 0.1) is 5.82 Å². The number of nitrogens with two attached hydrogens (primary N) is 1. The molecule has 0 bridgehead atoms. The predicted molar refractivity (Wildman–Crippen MR) is 68.5 cm³/mol. The van der Waals surface area contributed by atoms with Crippen LogP contribution in [0.25, 0.3) is 16.8 Å². The first kappa shape index (κ1) is 10.9. The van der Waals surface area contributed by atoms with E-state index in [1.54, 1.807) is 12.3 Å². The van der Waals surface area contributed by atoms with Crippen LogP contribution in [0.1, 0.15) is 5.82 Å². The minimum absolute atomic E-state index is 0.251. The van der Waals surface area contributed by atoms with Gasteiger partial charge in [0.25, 0.3) is 0 Å². The molecule has 2 N–H and O–H groups in total. The summed E-state index contributed by atoms with van der Waals surface area (Å²) in [4.78, 5) is 4.27. The third-order valence-corrected chi connectivity index (χ3v) is 2.93. The van der Waals surface area contributed by atoms with Crippen molar-refractivity contribution in [3.63, 3.8) is 0 Å². The van der Waals surface area contributed by atoms with Crippen LogP contribution in [0.2, 0.25) is 0 Å². The fourth-order valence-corrected chi connectivity index (χ4v) is 2.13. The molecule has 0 aliphatic heterocycles. The molecule has 0 aliphatic rings. The summed E-state index contributed by atoms with van der Waals surface area (Å²) >= 11 is 0. The highest BCUT2D eigenvalue weighted by atomic mass is 19.1. The van der Waals surface area contributed by atoms with Crippen LogP contribution >= 0.6 is 0 Å². The molecule has 0 saturated carbocycles. The highest BCUT2D eigenvalue weighted by molar-refractivity contribution is 5.65. The summed E-state index contributed by atoms with van der Waals surface area (Å²) in [6, 6.07) is 12.3. The highest BCUT2D eigenvalue weighted by Crippen LogP contribution is 2.22. The second-order valence-electron chi connectivity index (χ2n) is 4.06. The van der Waals surface area contributed by atoms with Crippen molar-refractivity contribution in [2.24, 2.45) is 5.73 Å². The van der Waals surface area contributed by atoms with Gasteiger partial charge in [0.2, 0.25) is 0 Å². The van der Waals surface area contributed by atoms with Crippen molar-refractivity contribution in [1.82, 2.24) is 9.38 Å². The van der Waals surface area contributed by atoms with Crippen LogP contribution in [0.5, 0.6) is 0 Å². The van der Waals surface area contributed by atoms with Crippen molar-refractivity contribution in [2.75, 3.05) is 0 Å². The van der Waals surface area contributed by atoms with Crippen molar-refractivity contribution in [2.45, 2.75) is 6.54 Å². The molecule has 2 heterocycles. The maximum atomic E-state index is 13.3. The van der Waals surface area contributed by atoms with Gasteiger partial charge in [-0.3, -0.25) is 4.40 Å². The SMILES string of the molecule is NCc1ncc2cccc(-c3cccc(F)c3)n12. The molecular weight excluding hydrogens is 229 g/mol. The van der Waals surface area contributed by atoms with Gasteiger partial charge in [0, 0.05) is 5.56 Å². The number of fused-ring (bicyclic) bond motifs is 1. The fraction of sp³-hybridized carbons (Fsp3) is 0.0714. The summed E-state index contributed by atoms with van der Waals surface area (Å²) in [7, 11) is 0. The van der Waals surface area contributed by atoms with Crippen LogP contribution in [-0.4, -0.2) is 9.38 Å². The number of hydrogen-bond donors (Lipinski definition) is 1. The van der Waals surface area contributed by atoms with E-state index in [1.165, 1.54) is 12.1 Å². The Morgan fingerprint density at radius 1 is 1.17 bits per heavy atom. The molecule has 18 heavy (non-hydrogen) atoms. The summed E-state index contributed by atoms with van der Waals surface area (Å²) in [5.74, 6) is 0.517. The van der Waals surface area contributed by atoms with Crippen LogP contribution in [0.15, 0.2) is 48.7 Å². The van der Waals surface area contributed by atoms with Gasteiger partial charge in [-0.25, -0.2) is 9.37 Å². The van der Waals surface area contributed by atoms with E-state index in [9.17, 15) is 4.39 Å². The van der Waals surface area contributed by atoms with Gasteiger partial charge in [-0.2, -0.15) is 0 Å². The zero-order valence-electron chi connectivity index (χ0n) is 9.68. The monoisotopic (exact) mass is 241 g/mol. The molecule has 0 saturated heterocycles. The van der Waals surface area contributed by atoms with Gasteiger partial charge in [0.05, 0.1) is 24.0 Å². The van der Waals surface area contributed by atoms with E-state index >= 15 is 0 Å². The van der Waals surface area contributed by atoms with E-state index in [1.807, 2.05) is 28.7 Å². The quantitative estimate of drug-likeness (QED) is 0.749. The second-order valence-corrected chi connectivity index (χ2v) is 4.06. The van der Waals surface area contributed by atoms with Crippen LogP contribution in [0.4, 0.5) is 4.39 Å². The molecular formula is C14H12FN3. The Balaban J connectivity index is 2.31. The minimum Gasteiger partial charge on any atom is -0.324 e. The molecule has 2 aromatic heterocycles. The van der Waals surface area contributed by atoms with Crippen molar-refractivity contribution in [1.29, 1.82) is 0 Å². The molecule has 0 radical (unpaired) electrons. The molecule has 3 aromatic rings. The van der Waals surface area contributed by atoms with Crippen LogP contribution in [-0.2, 0) is 6.54 Å². The molecule has 0 unspecified atom stereocenters. The number of halogens is 1. The lowest BCUT2D eigenvalue weighted by Gasteiger charge is -2.08. The Morgan fingerprint density at radius 2 is 2.00 bits per heavy atom. The van der Waals surface area contributed by atoms with Crippen LogP contribution < -0.4 is 5.73 Å². The molecule has 90 valence electrons. The Bertz CT molecular complexity index is 703.